The third kappa shape index (κ3) is 2.42. The molecule has 1 aromatic carbocycles. The summed E-state index contributed by atoms with van der Waals surface area (Å²) in [5, 5.41) is 20.8. The first-order valence-electron chi connectivity index (χ1n) is 5.95. The highest BCUT2D eigenvalue weighted by Gasteiger charge is 2.20. The second kappa shape index (κ2) is 4.75. The van der Waals surface area contributed by atoms with Crippen molar-refractivity contribution in [3.63, 3.8) is 0 Å². The zero-order valence-electron chi connectivity index (χ0n) is 10.3. The summed E-state index contributed by atoms with van der Waals surface area (Å²) in [6, 6.07) is 6.02. The highest BCUT2D eigenvalue weighted by Crippen LogP contribution is 2.25. The number of hydrogen-bond acceptors (Lipinski definition) is 3. The number of aromatic nitrogens is 2. The molecule has 0 aliphatic heterocycles. The van der Waals surface area contributed by atoms with E-state index >= 15 is 0 Å². The molecule has 0 radical (unpaired) electrons. The van der Waals surface area contributed by atoms with Gasteiger partial charge in [-0.15, -0.1) is 0 Å². The van der Waals surface area contributed by atoms with Crippen molar-refractivity contribution in [2.24, 2.45) is 5.41 Å². The van der Waals surface area contributed by atoms with E-state index < -0.39 is 0 Å². The second-order valence-electron chi connectivity index (χ2n) is 4.81. The first-order valence-corrected chi connectivity index (χ1v) is 5.95. The van der Waals surface area contributed by atoms with Crippen LogP contribution in [-0.2, 0) is 0 Å². The minimum Gasteiger partial charge on any atom is -0.396 e. The van der Waals surface area contributed by atoms with Crippen LogP contribution in [0.5, 0.6) is 0 Å². The van der Waals surface area contributed by atoms with E-state index in [1.165, 1.54) is 0 Å². The fourth-order valence-electron chi connectivity index (χ4n) is 1.72. The SMILES string of the molecule is CCC(C)(CO)CNc1cccc2[nH]ncc12. The van der Waals surface area contributed by atoms with Gasteiger partial charge < -0.3 is 10.4 Å². The van der Waals surface area contributed by atoms with Crippen LogP contribution in [0.1, 0.15) is 20.3 Å². The molecule has 0 bridgehead atoms. The monoisotopic (exact) mass is 233 g/mol. The van der Waals surface area contributed by atoms with Crippen molar-refractivity contribution in [1.29, 1.82) is 0 Å². The van der Waals surface area contributed by atoms with Crippen molar-refractivity contribution in [2.75, 3.05) is 18.5 Å². The highest BCUT2D eigenvalue weighted by molar-refractivity contribution is 5.90. The Balaban J connectivity index is 2.16. The van der Waals surface area contributed by atoms with Crippen LogP contribution in [0.25, 0.3) is 10.9 Å². The summed E-state index contributed by atoms with van der Waals surface area (Å²) in [6.07, 6.45) is 2.76. The minimum atomic E-state index is -0.0775. The third-order valence-corrected chi connectivity index (χ3v) is 3.43. The van der Waals surface area contributed by atoms with Crippen molar-refractivity contribution in [3.8, 4) is 0 Å². The molecule has 0 aliphatic rings. The molecule has 4 nitrogen and oxygen atoms in total. The number of anilines is 1. The van der Waals surface area contributed by atoms with Gasteiger partial charge in [0.2, 0.25) is 0 Å². The van der Waals surface area contributed by atoms with E-state index in [9.17, 15) is 5.11 Å². The Morgan fingerprint density at radius 2 is 2.29 bits per heavy atom. The summed E-state index contributed by atoms with van der Waals surface area (Å²) in [5.41, 5.74) is 2.01. The molecule has 0 aliphatic carbocycles. The van der Waals surface area contributed by atoms with E-state index in [4.69, 9.17) is 0 Å². The van der Waals surface area contributed by atoms with Crippen LogP contribution < -0.4 is 5.32 Å². The van der Waals surface area contributed by atoms with Crippen molar-refractivity contribution >= 4 is 16.6 Å². The molecule has 0 saturated carbocycles. The zero-order chi connectivity index (χ0) is 12.3. The van der Waals surface area contributed by atoms with Gasteiger partial charge in [0.15, 0.2) is 0 Å². The van der Waals surface area contributed by atoms with E-state index in [0.717, 1.165) is 29.6 Å². The van der Waals surface area contributed by atoms with Crippen LogP contribution in [0.15, 0.2) is 24.4 Å². The fourth-order valence-corrected chi connectivity index (χ4v) is 1.72. The van der Waals surface area contributed by atoms with Gasteiger partial charge in [-0.25, -0.2) is 0 Å². The Labute approximate surface area is 101 Å². The lowest BCUT2D eigenvalue weighted by Gasteiger charge is -2.26. The first kappa shape index (κ1) is 11.9. The summed E-state index contributed by atoms with van der Waals surface area (Å²) >= 11 is 0. The molecule has 0 amide bonds. The molecule has 0 fully saturated rings. The number of aliphatic hydroxyl groups excluding tert-OH is 1. The second-order valence-corrected chi connectivity index (χ2v) is 4.81. The smallest absolute Gasteiger partial charge is 0.0671 e. The molecule has 17 heavy (non-hydrogen) atoms. The van der Waals surface area contributed by atoms with Gasteiger partial charge in [-0.3, -0.25) is 5.10 Å². The van der Waals surface area contributed by atoms with Crippen LogP contribution in [0.2, 0.25) is 0 Å². The van der Waals surface area contributed by atoms with Crippen LogP contribution in [0.4, 0.5) is 5.69 Å². The van der Waals surface area contributed by atoms with E-state index in [1.807, 2.05) is 24.4 Å². The third-order valence-electron chi connectivity index (χ3n) is 3.43. The van der Waals surface area contributed by atoms with Crippen LogP contribution in [0.3, 0.4) is 0 Å². The largest absolute Gasteiger partial charge is 0.396 e. The van der Waals surface area contributed by atoms with Crippen molar-refractivity contribution in [1.82, 2.24) is 10.2 Å². The van der Waals surface area contributed by atoms with Gasteiger partial charge in [0.05, 0.1) is 18.3 Å². The molecule has 1 heterocycles. The van der Waals surface area contributed by atoms with Gasteiger partial charge in [-0.1, -0.05) is 19.9 Å². The minimum absolute atomic E-state index is 0.0775. The van der Waals surface area contributed by atoms with Gasteiger partial charge in [-0.05, 0) is 18.6 Å². The molecule has 3 N–H and O–H groups in total. The summed E-state index contributed by atoms with van der Waals surface area (Å²) in [7, 11) is 0. The number of hydrogen-bond donors (Lipinski definition) is 3. The highest BCUT2D eigenvalue weighted by atomic mass is 16.3. The van der Waals surface area contributed by atoms with Gasteiger partial charge in [0.1, 0.15) is 0 Å². The van der Waals surface area contributed by atoms with Crippen molar-refractivity contribution in [2.45, 2.75) is 20.3 Å². The number of aromatic amines is 1. The van der Waals surface area contributed by atoms with Gasteiger partial charge in [-0.2, -0.15) is 5.10 Å². The lowest BCUT2D eigenvalue weighted by Crippen LogP contribution is -2.29. The number of rotatable bonds is 5. The van der Waals surface area contributed by atoms with Crippen molar-refractivity contribution in [3.05, 3.63) is 24.4 Å². The van der Waals surface area contributed by atoms with E-state index in [-0.39, 0.29) is 12.0 Å². The van der Waals surface area contributed by atoms with Gasteiger partial charge in [0.25, 0.3) is 0 Å². The Morgan fingerprint density at radius 3 is 3.00 bits per heavy atom. The zero-order valence-corrected chi connectivity index (χ0v) is 10.3. The molecule has 2 aromatic rings. The van der Waals surface area contributed by atoms with Gasteiger partial charge >= 0.3 is 0 Å². The topological polar surface area (TPSA) is 60.9 Å². The summed E-state index contributed by atoms with van der Waals surface area (Å²) in [5.74, 6) is 0. The Bertz CT molecular complexity index is 488. The molecule has 1 atom stereocenters. The number of aliphatic hydroxyl groups is 1. The van der Waals surface area contributed by atoms with Crippen LogP contribution in [0, 0.1) is 5.41 Å². The van der Waals surface area contributed by atoms with E-state index in [1.54, 1.807) is 0 Å². The summed E-state index contributed by atoms with van der Waals surface area (Å²) in [4.78, 5) is 0. The van der Waals surface area contributed by atoms with Gasteiger partial charge in [0, 0.05) is 23.0 Å². The summed E-state index contributed by atoms with van der Waals surface area (Å²) < 4.78 is 0. The summed E-state index contributed by atoms with van der Waals surface area (Å²) in [6.45, 7) is 5.12. The molecule has 1 unspecified atom stereocenters. The maximum absolute atomic E-state index is 9.38. The first-order chi connectivity index (χ1) is 8.18. The molecule has 1 aromatic heterocycles. The Morgan fingerprint density at radius 1 is 1.47 bits per heavy atom. The number of benzene rings is 1. The number of H-pyrrole nitrogens is 1. The molecule has 4 heteroatoms. The maximum atomic E-state index is 9.38. The quantitative estimate of drug-likeness (QED) is 0.743. The molecular weight excluding hydrogens is 214 g/mol. The molecule has 0 spiro atoms. The van der Waals surface area contributed by atoms with Crippen LogP contribution >= 0.6 is 0 Å². The lowest BCUT2D eigenvalue weighted by molar-refractivity contribution is 0.149. The average molecular weight is 233 g/mol. The molecular formula is C13H19N3O. The predicted octanol–water partition coefficient (Wildman–Crippen LogP) is 2.38. The standard InChI is InChI=1S/C13H19N3O/c1-3-13(2,9-17)8-14-11-5-4-6-12-10(11)7-15-16-12/h4-7,14,17H,3,8-9H2,1-2H3,(H,15,16). The Hall–Kier alpha value is -1.55. The van der Waals surface area contributed by atoms with E-state index in [2.05, 4.69) is 29.4 Å². The van der Waals surface area contributed by atoms with E-state index in [0.29, 0.717) is 0 Å². The van der Waals surface area contributed by atoms with Crippen LogP contribution in [-0.4, -0.2) is 28.5 Å². The maximum Gasteiger partial charge on any atom is 0.0671 e. The molecule has 0 saturated heterocycles. The predicted molar refractivity (Wildman–Crippen MR) is 70.1 cm³/mol. The van der Waals surface area contributed by atoms with Crippen molar-refractivity contribution < 1.29 is 5.11 Å². The lowest BCUT2D eigenvalue weighted by atomic mass is 9.88. The average Bonchev–Trinajstić information content (AvgIpc) is 2.84. The fraction of sp³-hybridized carbons (Fsp3) is 0.462. The number of fused-ring (bicyclic) bond motifs is 1. The number of nitrogens with zero attached hydrogens (tertiary/aromatic N) is 1. The normalized spacial score (nSPS) is 14.8. The Kier molecular flexibility index (Phi) is 3.33. The molecule has 2 rings (SSSR count). The number of nitrogens with one attached hydrogen (secondary N) is 2. The molecule has 92 valence electrons.